The number of piperazine rings is 1. The Bertz CT molecular complexity index is 1030. The Balaban J connectivity index is 1.26. The van der Waals surface area contributed by atoms with E-state index in [1.54, 1.807) is 4.68 Å². The number of nitrogens with one attached hydrogen (secondary N) is 2. The maximum Gasteiger partial charge on any atom is 0.292 e. The topological polar surface area (TPSA) is 71.2 Å². The maximum atomic E-state index is 5.74. The molecule has 2 aromatic heterocycles. The van der Waals surface area contributed by atoms with Gasteiger partial charge in [-0.05, 0) is 30.4 Å². The van der Waals surface area contributed by atoms with Crippen molar-refractivity contribution in [2.24, 2.45) is 0 Å². The van der Waals surface area contributed by atoms with E-state index in [0.29, 0.717) is 23.1 Å². The minimum atomic E-state index is 0.243. The molecule has 0 bridgehead atoms. The van der Waals surface area contributed by atoms with E-state index in [0.717, 1.165) is 37.5 Å². The number of hydrogen-bond donors (Lipinski definition) is 1. The number of anilines is 1. The number of hydrogen-bond acceptors (Lipinski definition) is 6. The zero-order valence-corrected chi connectivity index (χ0v) is 16.1. The molecule has 5 rings (SSSR count). The smallest absolute Gasteiger partial charge is 0.292 e. The van der Waals surface area contributed by atoms with E-state index >= 15 is 0 Å². The number of rotatable bonds is 4. The Morgan fingerprint density at radius 2 is 1.86 bits per heavy atom. The van der Waals surface area contributed by atoms with Crippen LogP contribution in [0.5, 0.6) is 11.5 Å². The molecule has 2 aliphatic rings. The molecule has 0 amide bonds. The number of H-pyrrole nitrogens is 1. The van der Waals surface area contributed by atoms with Gasteiger partial charge < -0.3 is 23.7 Å². The number of fused-ring (bicyclic) bond motifs is 1. The van der Waals surface area contributed by atoms with E-state index in [9.17, 15) is 0 Å². The van der Waals surface area contributed by atoms with E-state index in [1.807, 2.05) is 30.6 Å². The lowest BCUT2D eigenvalue weighted by molar-refractivity contribution is -0.924. The highest BCUT2D eigenvalue weighted by Gasteiger charge is 2.22. The molecule has 1 aromatic carbocycles. The molecule has 0 spiro atoms. The SMILES string of the molecule is S=c1oc(-c2ccc3c(c2)OCO3)nn1C[NH+]1CCN(c2cc[nH+]cc2)CC1. The van der Waals surface area contributed by atoms with Crippen molar-refractivity contribution in [3.63, 3.8) is 0 Å². The van der Waals surface area contributed by atoms with E-state index in [2.05, 4.69) is 27.1 Å². The molecule has 3 aromatic rings. The number of ether oxygens (including phenoxy) is 2. The Kier molecular flexibility index (Phi) is 4.46. The summed E-state index contributed by atoms with van der Waals surface area (Å²) in [4.78, 5) is 7.29. The predicted molar refractivity (Wildman–Crippen MR) is 103 cm³/mol. The summed E-state index contributed by atoms with van der Waals surface area (Å²) in [6.07, 6.45) is 3.92. The lowest BCUT2D eigenvalue weighted by Crippen LogP contribution is -3.14. The third-order valence-electron chi connectivity index (χ3n) is 5.14. The van der Waals surface area contributed by atoms with Gasteiger partial charge in [-0.1, -0.05) is 0 Å². The summed E-state index contributed by atoms with van der Waals surface area (Å²) in [5.74, 6) is 1.94. The van der Waals surface area contributed by atoms with Crippen LogP contribution in [0.2, 0.25) is 0 Å². The van der Waals surface area contributed by atoms with Gasteiger partial charge in [-0.15, -0.1) is 5.10 Å². The van der Waals surface area contributed by atoms with E-state index in [-0.39, 0.29) is 6.79 Å². The fourth-order valence-electron chi connectivity index (χ4n) is 3.59. The first-order chi connectivity index (χ1) is 13.8. The summed E-state index contributed by atoms with van der Waals surface area (Å²) in [6.45, 7) is 4.98. The Morgan fingerprint density at radius 1 is 1.07 bits per heavy atom. The molecule has 1 saturated heterocycles. The van der Waals surface area contributed by atoms with Gasteiger partial charge in [0.15, 0.2) is 30.6 Å². The molecule has 28 heavy (non-hydrogen) atoms. The van der Waals surface area contributed by atoms with Gasteiger partial charge in [-0.25, -0.2) is 4.98 Å². The number of aromatic nitrogens is 3. The molecular formula is C19H21N5O3S+2. The zero-order valence-electron chi connectivity index (χ0n) is 15.3. The number of aromatic amines is 1. The van der Waals surface area contributed by atoms with Crippen molar-refractivity contribution >= 4 is 17.9 Å². The number of quaternary nitrogens is 1. The van der Waals surface area contributed by atoms with Crippen molar-refractivity contribution in [3.05, 3.63) is 47.6 Å². The zero-order chi connectivity index (χ0) is 18.9. The van der Waals surface area contributed by atoms with Gasteiger partial charge in [0.25, 0.3) is 4.84 Å². The van der Waals surface area contributed by atoms with Gasteiger partial charge in [0, 0.05) is 23.4 Å². The number of benzene rings is 1. The molecule has 4 heterocycles. The second-order valence-corrected chi connectivity index (χ2v) is 7.24. The van der Waals surface area contributed by atoms with Gasteiger partial charge in [-0.3, -0.25) is 0 Å². The maximum absolute atomic E-state index is 5.74. The van der Waals surface area contributed by atoms with E-state index in [1.165, 1.54) is 10.6 Å². The van der Waals surface area contributed by atoms with Crippen molar-refractivity contribution in [1.29, 1.82) is 0 Å². The van der Waals surface area contributed by atoms with Crippen molar-refractivity contribution in [1.82, 2.24) is 9.78 Å². The summed E-state index contributed by atoms with van der Waals surface area (Å²) >= 11 is 5.39. The lowest BCUT2D eigenvalue weighted by atomic mass is 10.2. The lowest BCUT2D eigenvalue weighted by Gasteiger charge is -2.32. The molecule has 144 valence electrons. The standard InChI is InChI=1S/C19H19N5O3S/c28-19-24(12-22-7-9-23(10-8-22)15-3-5-20-6-4-15)21-18(27-19)14-1-2-16-17(11-14)26-13-25-16/h1-6,11H,7-10,12-13H2/p+2. The molecule has 0 unspecified atom stereocenters. The van der Waals surface area contributed by atoms with Crippen molar-refractivity contribution in [2.75, 3.05) is 37.9 Å². The molecule has 0 radical (unpaired) electrons. The number of nitrogens with zero attached hydrogens (tertiary/aromatic N) is 3. The summed E-state index contributed by atoms with van der Waals surface area (Å²) in [5, 5.41) is 4.59. The van der Waals surface area contributed by atoms with Gasteiger partial charge >= 0.3 is 0 Å². The monoisotopic (exact) mass is 399 g/mol. The second-order valence-electron chi connectivity index (χ2n) is 6.89. The van der Waals surface area contributed by atoms with Crippen LogP contribution in [0, 0.1) is 4.84 Å². The Hall–Kier alpha value is -2.91. The molecule has 9 heteroatoms. The van der Waals surface area contributed by atoms with Crippen LogP contribution in [0.3, 0.4) is 0 Å². The summed E-state index contributed by atoms with van der Waals surface area (Å²) < 4.78 is 18.3. The van der Waals surface area contributed by atoms with Crippen LogP contribution in [0.15, 0.2) is 47.1 Å². The molecule has 0 aliphatic carbocycles. The van der Waals surface area contributed by atoms with Crippen LogP contribution in [-0.2, 0) is 6.67 Å². The average molecular weight is 399 g/mol. The van der Waals surface area contributed by atoms with Crippen LogP contribution in [0.4, 0.5) is 5.69 Å². The second kappa shape index (κ2) is 7.25. The number of pyridine rings is 1. The van der Waals surface area contributed by atoms with E-state index in [4.69, 9.17) is 26.1 Å². The minimum absolute atomic E-state index is 0.243. The average Bonchev–Trinajstić information content (AvgIpc) is 3.35. The summed E-state index contributed by atoms with van der Waals surface area (Å²) in [7, 11) is 0. The fraction of sp³-hybridized carbons (Fsp3) is 0.316. The van der Waals surface area contributed by atoms with E-state index < -0.39 is 0 Å². The Morgan fingerprint density at radius 3 is 2.68 bits per heavy atom. The van der Waals surface area contributed by atoms with Crippen LogP contribution in [-0.4, -0.2) is 42.8 Å². The first-order valence-corrected chi connectivity index (χ1v) is 9.70. The molecule has 2 N–H and O–H groups in total. The van der Waals surface area contributed by atoms with Crippen LogP contribution in [0.25, 0.3) is 11.5 Å². The third-order valence-corrected chi connectivity index (χ3v) is 5.43. The van der Waals surface area contributed by atoms with Crippen molar-refractivity contribution < 1.29 is 23.8 Å². The third kappa shape index (κ3) is 3.34. The van der Waals surface area contributed by atoms with Crippen LogP contribution in [0.1, 0.15) is 0 Å². The van der Waals surface area contributed by atoms with Gasteiger partial charge in [-0.2, -0.15) is 4.68 Å². The summed E-state index contributed by atoms with van der Waals surface area (Å²) in [6, 6.07) is 9.85. The van der Waals surface area contributed by atoms with Crippen molar-refractivity contribution in [3.8, 4) is 23.0 Å². The minimum Gasteiger partial charge on any atom is -0.454 e. The quantitative estimate of drug-likeness (QED) is 0.654. The highest BCUT2D eigenvalue weighted by atomic mass is 32.1. The van der Waals surface area contributed by atoms with Crippen LogP contribution >= 0.6 is 12.2 Å². The largest absolute Gasteiger partial charge is 0.454 e. The first kappa shape index (κ1) is 17.2. The molecule has 0 saturated carbocycles. The Labute approximate surface area is 166 Å². The fourth-order valence-corrected chi connectivity index (χ4v) is 3.78. The van der Waals surface area contributed by atoms with Gasteiger partial charge in [0.1, 0.15) is 0 Å². The van der Waals surface area contributed by atoms with Crippen LogP contribution < -0.4 is 24.3 Å². The molecule has 1 fully saturated rings. The highest BCUT2D eigenvalue weighted by Crippen LogP contribution is 2.35. The van der Waals surface area contributed by atoms with Gasteiger partial charge in [0.2, 0.25) is 12.7 Å². The molecule has 0 atom stereocenters. The van der Waals surface area contributed by atoms with Crippen molar-refractivity contribution in [2.45, 2.75) is 6.67 Å². The molecule has 2 aliphatic heterocycles. The normalized spacial score (nSPS) is 16.5. The molecule has 8 nitrogen and oxygen atoms in total. The van der Waals surface area contributed by atoms with Gasteiger partial charge in [0.05, 0.1) is 26.2 Å². The highest BCUT2D eigenvalue weighted by molar-refractivity contribution is 7.71. The molecular weight excluding hydrogens is 378 g/mol. The predicted octanol–water partition coefficient (Wildman–Crippen LogP) is 0.778. The summed E-state index contributed by atoms with van der Waals surface area (Å²) in [5.41, 5.74) is 2.08. The first-order valence-electron chi connectivity index (χ1n) is 9.29.